The van der Waals surface area contributed by atoms with Gasteiger partial charge < -0.3 is 15.3 Å². The van der Waals surface area contributed by atoms with Crippen molar-refractivity contribution in [3.8, 4) is 0 Å². The Morgan fingerprint density at radius 3 is 2.75 bits per heavy atom. The van der Waals surface area contributed by atoms with Crippen LogP contribution in [-0.4, -0.2) is 23.5 Å². The Hall–Kier alpha value is -2.82. The average molecular weight is 324 g/mol. The molecule has 1 aliphatic heterocycles. The molecule has 0 radical (unpaired) electrons. The molecule has 2 aromatic rings. The maximum atomic E-state index is 11.4. The molecule has 0 bridgehead atoms. The van der Waals surface area contributed by atoms with Crippen molar-refractivity contribution in [2.75, 3.05) is 16.8 Å². The molecular formula is C19H20N2O3. The molecule has 24 heavy (non-hydrogen) atoms. The maximum Gasteiger partial charge on any atom is 0.335 e. The van der Waals surface area contributed by atoms with Gasteiger partial charge in [0.15, 0.2) is 0 Å². The predicted octanol–water partition coefficient (Wildman–Crippen LogP) is 3.30. The SMILES string of the molecule is CC(=O)Nc1cccc2c1CCCN2Cc1cccc(C(=O)O)c1. The summed E-state index contributed by atoms with van der Waals surface area (Å²) in [5.41, 5.74) is 4.38. The van der Waals surface area contributed by atoms with Gasteiger partial charge in [0.1, 0.15) is 0 Å². The Kier molecular flexibility index (Phi) is 4.51. The highest BCUT2D eigenvalue weighted by atomic mass is 16.4. The van der Waals surface area contributed by atoms with Crippen molar-refractivity contribution in [1.29, 1.82) is 0 Å². The van der Waals surface area contributed by atoms with E-state index in [1.807, 2.05) is 18.2 Å². The number of nitrogens with one attached hydrogen (secondary N) is 1. The Labute approximate surface area is 140 Å². The minimum Gasteiger partial charge on any atom is -0.478 e. The van der Waals surface area contributed by atoms with Crippen molar-refractivity contribution in [2.24, 2.45) is 0 Å². The van der Waals surface area contributed by atoms with Gasteiger partial charge in [-0.05, 0) is 48.2 Å². The van der Waals surface area contributed by atoms with Gasteiger partial charge in [-0.15, -0.1) is 0 Å². The van der Waals surface area contributed by atoms with Crippen LogP contribution in [-0.2, 0) is 17.8 Å². The van der Waals surface area contributed by atoms with Crippen LogP contribution < -0.4 is 10.2 Å². The number of carbonyl (C=O) groups is 2. The van der Waals surface area contributed by atoms with Gasteiger partial charge in [0.2, 0.25) is 5.91 Å². The molecule has 0 aromatic heterocycles. The highest BCUT2D eigenvalue weighted by Gasteiger charge is 2.20. The minimum absolute atomic E-state index is 0.0744. The lowest BCUT2D eigenvalue weighted by Crippen LogP contribution is -2.29. The number of aromatic carboxylic acids is 1. The highest BCUT2D eigenvalue weighted by molar-refractivity contribution is 5.91. The first-order valence-corrected chi connectivity index (χ1v) is 8.01. The van der Waals surface area contributed by atoms with E-state index in [2.05, 4.69) is 16.3 Å². The van der Waals surface area contributed by atoms with E-state index in [1.165, 1.54) is 6.92 Å². The summed E-state index contributed by atoms with van der Waals surface area (Å²) in [6.45, 7) is 3.07. The van der Waals surface area contributed by atoms with Gasteiger partial charge in [-0.2, -0.15) is 0 Å². The van der Waals surface area contributed by atoms with Crippen molar-refractivity contribution in [3.05, 3.63) is 59.2 Å². The molecule has 3 rings (SSSR count). The lowest BCUT2D eigenvalue weighted by Gasteiger charge is -2.32. The molecular weight excluding hydrogens is 304 g/mol. The summed E-state index contributed by atoms with van der Waals surface area (Å²) < 4.78 is 0. The molecule has 1 aliphatic rings. The zero-order valence-corrected chi connectivity index (χ0v) is 13.6. The molecule has 124 valence electrons. The average Bonchev–Trinajstić information content (AvgIpc) is 2.55. The van der Waals surface area contributed by atoms with Crippen molar-refractivity contribution in [1.82, 2.24) is 0 Å². The number of amides is 1. The standard InChI is InChI=1S/C19H20N2O3/c1-13(22)20-17-8-3-9-18-16(17)7-4-10-21(18)12-14-5-2-6-15(11-14)19(23)24/h2-3,5-6,8-9,11H,4,7,10,12H2,1H3,(H,20,22)(H,23,24). The van der Waals surface area contributed by atoms with Crippen LogP contribution in [0.1, 0.15) is 34.8 Å². The van der Waals surface area contributed by atoms with Gasteiger partial charge >= 0.3 is 5.97 Å². The van der Waals surface area contributed by atoms with Crippen LogP contribution in [0.3, 0.4) is 0 Å². The monoisotopic (exact) mass is 324 g/mol. The number of hydrogen-bond acceptors (Lipinski definition) is 3. The smallest absolute Gasteiger partial charge is 0.335 e. The summed E-state index contributed by atoms with van der Waals surface area (Å²) in [6.07, 6.45) is 1.93. The fraction of sp³-hybridized carbons (Fsp3) is 0.263. The predicted molar refractivity (Wildman–Crippen MR) is 93.5 cm³/mol. The molecule has 0 fully saturated rings. The van der Waals surface area contributed by atoms with Gasteiger partial charge in [0.05, 0.1) is 5.56 Å². The van der Waals surface area contributed by atoms with E-state index < -0.39 is 5.97 Å². The summed E-state index contributed by atoms with van der Waals surface area (Å²) in [7, 11) is 0. The first-order chi connectivity index (χ1) is 11.5. The number of carboxylic acids is 1. The molecule has 0 atom stereocenters. The van der Waals surface area contributed by atoms with E-state index in [0.717, 1.165) is 41.9 Å². The van der Waals surface area contributed by atoms with Gasteiger partial charge in [0.25, 0.3) is 0 Å². The Morgan fingerprint density at radius 2 is 2.00 bits per heavy atom. The van der Waals surface area contributed by atoms with Gasteiger partial charge in [-0.25, -0.2) is 4.79 Å². The Balaban J connectivity index is 1.88. The second-order valence-electron chi connectivity index (χ2n) is 6.02. The number of nitrogens with zero attached hydrogens (tertiary/aromatic N) is 1. The fourth-order valence-corrected chi connectivity index (χ4v) is 3.19. The lowest BCUT2D eigenvalue weighted by atomic mass is 9.98. The first-order valence-electron chi connectivity index (χ1n) is 8.01. The molecule has 5 heteroatoms. The molecule has 0 spiro atoms. The molecule has 5 nitrogen and oxygen atoms in total. The molecule has 2 aromatic carbocycles. The van der Waals surface area contributed by atoms with E-state index in [-0.39, 0.29) is 5.91 Å². The van der Waals surface area contributed by atoms with Gasteiger partial charge in [-0.3, -0.25) is 4.79 Å². The number of fused-ring (bicyclic) bond motifs is 1. The summed E-state index contributed by atoms with van der Waals surface area (Å²) in [5, 5.41) is 12.0. The second kappa shape index (κ2) is 6.74. The molecule has 0 saturated heterocycles. The normalized spacial score (nSPS) is 13.3. The molecule has 0 saturated carbocycles. The van der Waals surface area contributed by atoms with E-state index in [1.54, 1.807) is 18.2 Å². The Bertz CT molecular complexity index is 786. The van der Waals surface area contributed by atoms with Crippen LogP contribution >= 0.6 is 0 Å². The molecule has 1 heterocycles. The number of carbonyl (C=O) groups excluding carboxylic acids is 1. The van der Waals surface area contributed by atoms with E-state index in [4.69, 9.17) is 5.11 Å². The third kappa shape index (κ3) is 3.40. The fourth-order valence-electron chi connectivity index (χ4n) is 3.19. The van der Waals surface area contributed by atoms with Gasteiger partial charge in [-0.1, -0.05) is 18.2 Å². The topological polar surface area (TPSA) is 69.6 Å². The third-order valence-corrected chi connectivity index (χ3v) is 4.20. The van der Waals surface area contributed by atoms with E-state index in [0.29, 0.717) is 12.1 Å². The minimum atomic E-state index is -0.913. The summed E-state index contributed by atoms with van der Waals surface area (Å²) in [4.78, 5) is 24.8. The van der Waals surface area contributed by atoms with E-state index in [9.17, 15) is 9.59 Å². The summed E-state index contributed by atoms with van der Waals surface area (Å²) in [5.74, 6) is -0.987. The van der Waals surface area contributed by atoms with Crippen molar-refractivity contribution in [3.63, 3.8) is 0 Å². The first kappa shape index (κ1) is 16.1. The number of benzene rings is 2. The molecule has 1 amide bonds. The van der Waals surface area contributed by atoms with Crippen LogP contribution in [0.5, 0.6) is 0 Å². The number of anilines is 2. The van der Waals surface area contributed by atoms with Crippen LogP contribution in [0.25, 0.3) is 0 Å². The van der Waals surface area contributed by atoms with Gasteiger partial charge in [0, 0.05) is 31.4 Å². The van der Waals surface area contributed by atoms with Crippen molar-refractivity contribution >= 4 is 23.3 Å². The van der Waals surface area contributed by atoms with Crippen LogP contribution in [0, 0.1) is 0 Å². The third-order valence-electron chi connectivity index (χ3n) is 4.20. The van der Waals surface area contributed by atoms with Crippen molar-refractivity contribution in [2.45, 2.75) is 26.3 Å². The summed E-state index contributed by atoms with van der Waals surface area (Å²) >= 11 is 0. The lowest BCUT2D eigenvalue weighted by molar-refractivity contribution is -0.114. The highest BCUT2D eigenvalue weighted by Crippen LogP contribution is 2.33. The summed E-state index contributed by atoms with van der Waals surface area (Å²) in [6, 6.07) is 13.0. The zero-order valence-electron chi connectivity index (χ0n) is 13.6. The quantitative estimate of drug-likeness (QED) is 0.905. The number of rotatable bonds is 4. The molecule has 0 aliphatic carbocycles. The van der Waals surface area contributed by atoms with Crippen LogP contribution in [0.15, 0.2) is 42.5 Å². The van der Waals surface area contributed by atoms with E-state index >= 15 is 0 Å². The van der Waals surface area contributed by atoms with Crippen LogP contribution in [0.4, 0.5) is 11.4 Å². The van der Waals surface area contributed by atoms with Crippen LogP contribution in [0.2, 0.25) is 0 Å². The number of hydrogen-bond donors (Lipinski definition) is 2. The molecule has 0 unspecified atom stereocenters. The Morgan fingerprint density at radius 1 is 1.21 bits per heavy atom. The largest absolute Gasteiger partial charge is 0.478 e. The maximum absolute atomic E-state index is 11.4. The second-order valence-corrected chi connectivity index (χ2v) is 6.02. The number of carboxylic acid groups (broad SMARTS) is 1. The molecule has 2 N–H and O–H groups in total. The van der Waals surface area contributed by atoms with Crippen molar-refractivity contribution < 1.29 is 14.7 Å². The zero-order chi connectivity index (χ0) is 17.1.